The molecule has 0 bridgehead atoms. The van der Waals surface area contributed by atoms with Gasteiger partial charge in [-0.1, -0.05) is 35.9 Å². The number of nitrogens with one attached hydrogen (secondary N) is 2. The number of hydrogen-bond donors (Lipinski definition) is 2. The molecule has 0 unspecified atom stereocenters. The number of aryl methyl sites for hydroxylation is 1. The first-order valence-corrected chi connectivity index (χ1v) is 8.87. The highest BCUT2D eigenvalue weighted by atomic mass is 16.1. The van der Waals surface area contributed by atoms with Crippen LogP contribution in [-0.4, -0.2) is 18.5 Å². The van der Waals surface area contributed by atoms with Crippen molar-refractivity contribution in [1.29, 1.82) is 0 Å². The predicted molar refractivity (Wildman–Crippen MR) is 99.3 cm³/mol. The predicted octanol–water partition coefficient (Wildman–Crippen LogP) is 4.40. The lowest BCUT2D eigenvalue weighted by Gasteiger charge is -2.29. The van der Waals surface area contributed by atoms with E-state index in [2.05, 4.69) is 34.9 Å². The van der Waals surface area contributed by atoms with Crippen molar-refractivity contribution in [3.8, 4) is 0 Å². The van der Waals surface area contributed by atoms with Gasteiger partial charge in [-0.25, -0.2) is 0 Å². The van der Waals surface area contributed by atoms with Crippen molar-refractivity contribution in [3.05, 3.63) is 65.7 Å². The molecule has 24 heavy (non-hydrogen) atoms. The van der Waals surface area contributed by atoms with Crippen LogP contribution in [0, 0.1) is 12.8 Å². The maximum absolute atomic E-state index is 12.3. The summed E-state index contributed by atoms with van der Waals surface area (Å²) in [6, 6.07) is 18.5. The Hall–Kier alpha value is -2.29. The summed E-state index contributed by atoms with van der Waals surface area (Å²) in [4.78, 5) is 12.3. The molecule has 1 amide bonds. The smallest absolute Gasteiger partial charge is 0.251 e. The van der Waals surface area contributed by atoms with Crippen LogP contribution in [0.4, 0.5) is 5.69 Å². The standard InChI is InChI=1S/C21H26N2O/c1-16-6-5-7-18(14-16)21(24)23-20-12-10-17(11-13-20)15-22-19-8-3-2-4-9-19/h2-9,14,17,20,22H,10-13,15H2,1H3,(H,23,24)/t17-,20-. The molecule has 0 aliphatic heterocycles. The Bertz CT molecular complexity index is 661. The lowest BCUT2D eigenvalue weighted by atomic mass is 9.86. The minimum atomic E-state index is 0.0598. The van der Waals surface area contributed by atoms with Gasteiger partial charge in [0.25, 0.3) is 5.91 Å². The summed E-state index contributed by atoms with van der Waals surface area (Å²) in [7, 11) is 0. The third-order valence-electron chi connectivity index (χ3n) is 4.83. The van der Waals surface area contributed by atoms with Gasteiger partial charge in [-0.05, 0) is 62.8 Å². The van der Waals surface area contributed by atoms with Gasteiger partial charge in [-0.2, -0.15) is 0 Å². The summed E-state index contributed by atoms with van der Waals surface area (Å²) in [5.74, 6) is 0.752. The normalized spacial score (nSPS) is 20.4. The molecule has 126 valence electrons. The van der Waals surface area contributed by atoms with Gasteiger partial charge in [-0.15, -0.1) is 0 Å². The quantitative estimate of drug-likeness (QED) is 0.857. The van der Waals surface area contributed by atoms with Crippen LogP contribution in [0.1, 0.15) is 41.6 Å². The molecular formula is C21H26N2O. The second kappa shape index (κ2) is 8.00. The molecule has 2 N–H and O–H groups in total. The van der Waals surface area contributed by atoms with Crippen LogP contribution in [0.3, 0.4) is 0 Å². The van der Waals surface area contributed by atoms with E-state index in [9.17, 15) is 4.79 Å². The monoisotopic (exact) mass is 322 g/mol. The number of para-hydroxylation sites is 1. The van der Waals surface area contributed by atoms with Crippen molar-refractivity contribution in [2.24, 2.45) is 5.92 Å². The zero-order valence-corrected chi connectivity index (χ0v) is 14.3. The molecule has 0 spiro atoms. The Morgan fingerprint density at radius 1 is 1.00 bits per heavy atom. The Kier molecular flexibility index (Phi) is 5.52. The molecule has 3 heteroatoms. The molecule has 1 fully saturated rings. The summed E-state index contributed by atoms with van der Waals surface area (Å²) >= 11 is 0. The number of amides is 1. The largest absolute Gasteiger partial charge is 0.385 e. The van der Waals surface area contributed by atoms with Gasteiger partial charge in [0.15, 0.2) is 0 Å². The van der Waals surface area contributed by atoms with Crippen LogP contribution < -0.4 is 10.6 Å². The maximum atomic E-state index is 12.3. The first kappa shape index (κ1) is 16.6. The zero-order chi connectivity index (χ0) is 16.8. The molecular weight excluding hydrogens is 296 g/mol. The first-order chi connectivity index (χ1) is 11.7. The Labute approximate surface area is 144 Å². The summed E-state index contributed by atoms with van der Waals surface area (Å²) in [5, 5.41) is 6.71. The van der Waals surface area contributed by atoms with Gasteiger partial charge < -0.3 is 10.6 Å². The number of benzene rings is 2. The molecule has 2 aromatic carbocycles. The van der Waals surface area contributed by atoms with Gasteiger partial charge in [-0.3, -0.25) is 4.79 Å². The van der Waals surface area contributed by atoms with Crippen LogP contribution in [-0.2, 0) is 0 Å². The van der Waals surface area contributed by atoms with Crippen LogP contribution in [0.15, 0.2) is 54.6 Å². The minimum Gasteiger partial charge on any atom is -0.385 e. The summed E-state index contributed by atoms with van der Waals surface area (Å²) in [6.45, 7) is 3.03. The third-order valence-corrected chi connectivity index (χ3v) is 4.83. The van der Waals surface area contributed by atoms with Crippen molar-refractivity contribution >= 4 is 11.6 Å². The van der Waals surface area contributed by atoms with E-state index in [-0.39, 0.29) is 5.91 Å². The Morgan fingerprint density at radius 3 is 2.46 bits per heavy atom. The van der Waals surface area contributed by atoms with E-state index in [1.165, 1.54) is 18.5 Å². The van der Waals surface area contributed by atoms with Crippen LogP contribution in [0.25, 0.3) is 0 Å². The number of anilines is 1. The average Bonchev–Trinajstić information content (AvgIpc) is 2.62. The van der Waals surface area contributed by atoms with Crippen LogP contribution in [0.2, 0.25) is 0 Å². The summed E-state index contributed by atoms with van der Waals surface area (Å²) in [6.07, 6.45) is 4.47. The fraction of sp³-hybridized carbons (Fsp3) is 0.381. The lowest BCUT2D eigenvalue weighted by Crippen LogP contribution is -2.38. The van der Waals surface area contributed by atoms with E-state index in [0.29, 0.717) is 12.0 Å². The van der Waals surface area contributed by atoms with Gasteiger partial charge in [0, 0.05) is 23.8 Å². The number of rotatable bonds is 5. The topological polar surface area (TPSA) is 41.1 Å². The number of carbonyl (C=O) groups is 1. The number of hydrogen-bond acceptors (Lipinski definition) is 2. The van der Waals surface area contributed by atoms with Crippen molar-refractivity contribution in [2.45, 2.75) is 38.6 Å². The van der Waals surface area contributed by atoms with E-state index in [1.54, 1.807) is 0 Å². The van der Waals surface area contributed by atoms with Gasteiger partial charge in [0.05, 0.1) is 0 Å². The lowest BCUT2D eigenvalue weighted by molar-refractivity contribution is 0.0922. The maximum Gasteiger partial charge on any atom is 0.251 e. The van der Waals surface area contributed by atoms with E-state index in [4.69, 9.17) is 0 Å². The summed E-state index contributed by atoms with van der Waals surface area (Å²) in [5.41, 5.74) is 3.08. The fourth-order valence-electron chi connectivity index (χ4n) is 3.38. The number of carbonyl (C=O) groups excluding carboxylic acids is 1. The van der Waals surface area contributed by atoms with Crippen molar-refractivity contribution in [1.82, 2.24) is 5.32 Å². The summed E-state index contributed by atoms with van der Waals surface area (Å²) < 4.78 is 0. The van der Waals surface area contributed by atoms with Crippen molar-refractivity contribution < 1.29 is 4.79 Å². The van der Waals surface area contributed by atoms with Gasteiger partial charge in [0.1, 0.15) is 0 Å². The van der Waals surface area contributed by atoms with Crippen molar-refractivity contribution in [2.75, 3.05) is 11.9 Å². The molecule has 0 saturated heterocycles. The third kappa shape index (κ3) is 4.60. The minimum absolute atomic E-state index is 0.0598. The second-order valence-electron chi connectivity index (χ2n) is 6.81. The van der Waals surface area contributed by atoms with Crippen molar-refractivity contribution in [3.63, 3.8) is 0 Å². The highest BCUT2D eigenvalue weighted by Gasteiger charge is 2.22. The average molecular weight is 322 g/mol. The molecule has 0 heterocycles. The highest BCUT2D eigenvalue weighted by molar-refractivity contribution is 5.94. The van der Waals surface area contributed by atoms with E-state index < -0.39 is 0 Å². The van der Waals surface area contributed by atoms with Crippen LogP contribution >= 0.6 is 0 Å². The van der Waals surface area contributed by atoms with E-state index >= 15 is 0 Å². The zero-order valence-electron chi connectivity index (χ0n) is 14.3. The van der Waals surface area contributed by atoms with Crippen LogP contribution in [0.5, 0.6) is 0 Å². The van der Waals surface area contributed by atoms with Gasteiger partial charge >= 0.3 is 0 Å². The van der Waals surface area contributed by atoms with E-state index in [1.807, 2.05) is 37.3 Å². The molecule has 3 nitrogen and oxygen atoms in total. The SMILES string of the molecule is Cc1cccc(C(=O)N[C@H]2CC[C@H](CNc3ccccc3)CC2)c1. The molecule has 0 radical (unpaired) electrons. The molecule has 3 rings (SSSR count). The first-order valence-electron chi connectivity index (χ1n) is 8.87. The Balaban J connectivity index is 1.43. The second-order valence-corrected chi connectivity index (χ2v) is 6.81. The molecule has 0 aromatic heterocycles. The molecule has 0 atom stereocenters. The Morgan fingerprint density at radius 2 is 1.75 bits per heavy atom. The fourth-order valence-corrected chi connectivity index (χ4v) is 3.38. The van der Waals surface area contributed by atoms with E-state index in [0.717, 1.165) is 30.5 Å². The molecule has 1 aliphatic carbocycles. The molecule has 1 aliphatic rings. The molecule has 1 saturated carbocycles. The highest BCUT2D eigenvalue weighted by Crippen LogP contribution is 2.25. The van der Waals surface area contributed by atoms with Gasteiger partial charge in [0.2, 0.25) is 0 Å². The molecule has 2 aromatic rings.